The summed E-state index contributed by atoms with van der Waals surface area (Å²) in [6.45, 7) is 16.8. The number of hydrogen-bond donors (Lipinski definition) is 0. The van der Waals surface area contributed by atoms with Crippen LogP contribution in [0.5, 0.6) is 0 Å². The van der Waals surface area contributed by atoms with E-state index in [1.54, 1.807) is 5.57 Å². The molecule has 1 rings (SSSR count). The van der Waals surface area contributed by atoms with Crippen LogP contribution in [-0.2, 0) is 0 Å². The molecule has 0 amide bonds. The van der Waals surface area contributed by atoms with Gasteiger partial charge in [0.1, 0.15) is 0 Å². The van der Waals surface area contributed by atoms with E-state index in [0.717, 1.165) is 23.7 Å². The van der Waals surface area contributed by atoms with Crippen LogP contribution in [0.15, 0.2) is 23.8 Å². The van der Waals surface area contributed by atoms with Crippen LogP contribution < -0.4 is 0 Å². The standard InChI is InChI=1S/C22H40/c1-8-17(3)14-16-22(7,15-10-11-21-12-13-21)20(6)19(5)18(4)9-2/h10-11,14,18-21H,8-9,12-13,15-16H2,1-7H3. The highest BCUT2D eigenvalue weighted by atomic mass is 14.4. The molecule has 22 heavy (non-hydrogen) atoms. The largest absolute Gasteiger partial charge is 0.0877 e. The maximum absolute atomic E-state index is 2.52. The molecule has 1 aliphatic rings. The Labute approximate surface area is 140 Å². The molecule has 0 aromatic heterocycles. The fraction of sp³-hybridized carbons (Fsp3) is 0.818. The van der Waals surface area contributed by atoms with Gasteiger partial charge in [-0.15, -0.1) is 0 Å². The minimum Gasteiger partial charge on any atom is -0.0877 e. The van der Waals surface area contributed by atoms with E-state index in [1.807, 2.05) is 0 Å². The predicted octanol–water partition coefficient (Wildman–Crippen LogP) is 7.41. The fourth-order valence-corrected chi connectivity index (χ4v) is 3.32. The predicted molar refractivity (Wildman–Crippen MR) is 101 cm³/mol. The molecular weight excluding hydrogens is 264 g/mol. The van der Waals surface area contributed by atoms with Gasteiger partial charge in [-0.2, -0.15) is 0 Å². The minimum absolute atomic E-state index is 0.394. The average molecular weight is 305 g/mol. The van der Waals surface area contributed by atoms with E-state index < -0.39 is 0 Å². The first-order chi connectivity index (χ1) is 10.3. The van der Waals surface area contributed by atoms with Crippen LogP contribution in [0.4, 0.5) is 0 Å². The molecule has 1 saturated carbocycles. The van der Waals surface area contributed by atoms with Crippen molar-refractivity contribution in [3.05, 3.63) is 23.8 Å². The Balaban J connectivity index is 2.81. The molecule has 0 aliphatic heterocycles. The van der Waals surface area contributed by atoms with Gasteiger partial charge in [0.15, 0.2) is 0 Å². The molecule has 128 valence electrons. The van der Waals surface area contributed by atoms with Gasteiger partial charge in [-0.05, 0) is 68.1 Å². The van der Waals surface area contributed by atoms with Gasteiger partial charge in [0.2, 0.25) is 0 Å². The van der Waals surface area contributed by atoms with Crippen molar-refractivity contribution in [2.45, 2.75) is 87.0 Å². The van der Waals surface area contributed by atoms with Crippen LogP contribution in [0, 0.1) is 29.1 Å². The van der Waals surface area contributed by atoms with Gasteiger partial charge in [0, 0.05) is 0 Å². The number of hydrogen-bond acceptors (Lipinski definition) is 0. The van der Waals surface area contributed by atoms with Crippen LogP contribution in [0.2, 0.25) is 0 Å². The lowest BCUT2D eigenvalue weighted by Crippen LogP contribution is -2.32. The average Bonchev–Trinajstić information content (AvgIpc) is 3.34. The molecule has 0 radical (unpaired) electrons. The second-order valence-electron chi connectivity index (χ2n) is 8.27. The van der Waals surface area contributed by atoms with Crippen molar-refractivity contribution < 1.29 is 0 Å². The van der Waals surface area contributed by atoms with Gasteiger partial charge < -0.3 is 0 Å². The molecule has 4 unspecified atom stereocenters. The van der Waals surface area contributed by atoms with E-state index in [0.29, 0.717) is 5.41 Å². The van der Waals surface area contributed by atoms with Gasteiger partial charge in [-0.1, -0.05) is 71.8 Å². The Hall–Kier alpha value is -0.520. The Morgan fingerprint density at radius 2 is 1.77 bits per heavy atom. The molecular formula is C22H40. The van der Waals surface area contributed by atoms with Crippen molar-refractivity contribution >= 4 is 0 Å². The van der Waals surface area contributed by atoms with E-state index in [9.17, 15) is 0 Å². The highest BCUT2D eigenvalue weighted by molar-refractivity contribution is 5.04. The molecule has 0 heterocycles. The lowest BCUT2D eigenvalue weighted by atomic mass is 9.65. The molecule has 0 spiro atoms. The minimum atomic E-state index is 0.394. The summed E-state index contributed by atoms with van der Waals surface area (Å²) in [5.41, 5.74) is 1.94. The zero-order valence-corrected chi connectivity index (χ0v) is 16.3. The summed E-state index contributed by atoms with van der Waals surface area (Å²) < 4.78 is 0. The zero-order valence-electron chi connectivity index (χ0n) is 16.3. The van der Waals surface area contributed by atoms with Crippen molar-refractivity contribution in [3.8, 4) is 0 Å². The van der Waals surface area contributed by atoms with Gasteiger partial charge in [-0.3, -0.25) is 0 Å². The molecule has 4 atom stereocenters. The smallest absolute Gasteiger partial charge is 0.0228 e. The van der Waals surface area contributed by atoms with E-state index in [4.69, 9.17) is 0 Å². The van der Waals surface area contributed by atoms with E-state index in [1.165, 1.54) is 38.5 Å². The molecule has 0 nitrogen and oxygen atoms in total. The van der Waals surface area contributed by atoms with E-state index >= 15 is 0 Å². The first-order valence-electron chi connectivity index (χ1n) is 9.66. The highest BCUT2D eigenvalue weighted by Gasteiger charge is 2.34. The summed E-state index contributed by atoms with van der Waals surface area (Å²) in [5, 5.41) is 0. The van der Waals surface area contributed by atoms with Crippen LogP contribution >= 0.6 is 0 Å². The zero-order chi connectivity index (χ0) is 16.8. The Kier molecular flexibility index (Phi) is 7.94. The third-order valence-corrected chi connectivity index (χ3v) is 6.52. The summed E-state index contributed by atoms with van der Waals surface area (Å²) in [7, 11) is 0. The molecule has 0 saturated heterocycles. The summed E-state index contributed by atoms with van der Waals surface area (Å²) in [4.78, 5) is 0. The maximum Gasteiger partial charge on any atom is -0.0228 e. The van der Waals surface area contributed by atoms with Crippen molar-refractivity contribution in [2.75, 3.05) is 0 Å². The maximum atomic E-state index is 2.52. The quantitative estimate of drug-likeness (QED) is 0.368. The molecule has 0 bridgehead atoms. The molecule has 0 aromatic carbocycles. The number of rotatable bonds is 10. The van der Waals surface area contributed by atoms with Crippen molar-refractivity contribution in [3.63, 3.8) is 0 Å². The van der Waals surface area contributed by atoms with Gasteiger partial charge in [0.25, 0.3) is 0 Å². The van der Waals surface area contributed by atoms with Crippen LogP contribution in [0.1, 0.15) is 87.0 Å². The Bertz CT molecular complexity index is 371. The van der Waals surface area contributed by atoms with E-state index in [2.05, 4.69) is 66.7 Å². The Morgan fingerprint density at radius 3 is 2.27 bits per heavy atom. The summed E-state index contributed by atoms with van der Waals surface area (Å²) in [5.74, 6) is 3.27. The summed E-state index contributed by atoms with van der Waals surface area (Å²) in [6.07, 6.45) is 15.3. The van der Waals surface area contributed by atoms with Crippen LogP contribution in [0.3, 0.4) is 0 Å². The van der Waals surface area contributed by atoms with Crippen LogP contribution in [0.25, 0.3) is 0 Å². The van der Waals surface area contributed by atoms with Crippen molar-refractivity contribution in [1.29, 1.82) is 0 Å². The summed E-state index contributed by atoms with van der Waals surface area (Å²) in [6, 6.07) is 0. The van der Waals surface area contributed by atoms with Gasteiger partial charge in [-0.25, -0.2) is 0 Å². The lowest BCUT2D eigenvalue weighted by molar-refractivity contribution is 0.113. The third-order valence-electron chi connectivity index (χ3n) is 6.52. The molecule has 1 fully saturated rings. The Morgan fingerprint density at radius 1 is 1.14 bits per heavy atom. The van der Waals surface area contributed by atoms with Gasteiger partial charge >= 0.3 is 0 Å². The van der Waals surface area contributed by atoms with Crippen molar-refractivity contribution in [2.24, 2.45) is 29.1 Å². The fourth-order valence-electron chi connectivity index (χ4n) is 3.32. The van der Waals surface area contributed by atoms with Crippen LogP contribution in [-0.4, -0.2) is 0 Å². The monoisotopic (exact) mass is 304 g/mol. The molecule has 0 aromatic rings. The first-order valence-corrected chi connectivity index (χ1v) is 9.66. The second-order valence-corrected chi connectivity index (χ2v) is 8.27. The number of allylic oxidation sites excluding steroid dienone is 4. The second kappa shape index (κ2) is 8.94. The SMILES string of the molecule is CCC(C)=CCC(C)(CC=CC1CC1)C(C)C(C)C(C)CC. The molecule has 0 N–H and O–H groups in total. The van der Waals surface area contributed by atoms with Crippen molar-refractivity contribution in [1.82, 2.24) is 0 Å². The van der Waals surface area contributed by atoms with E-state index in [-0.39, 0.29) is 0 Å². The normalized spacial score (nSPS) is 23.3. The first kappa shape index (κ1) is 19.5. The topological polar surface area (TPSA) is 0 Å². The summed E-state index contributed by atoms with van der Waals surface area (Å²) >= 11 is 0. The molecule has 1 aliphatic carbocycles. The van der Waals surface area contributed by atoms with Gasteiger partial charge in [0.05, 0.1) is 0 Å². The lowest BCUT2D eigenvalue weighted by Gasteiger charge is -2.40. The third kappa shape index (κ3) is 5.94. The molecule has 0 heteroatoms. The highest BCUT2D eigenvalue weighted by Crippen LogP contribution is 2.43.